The van der Waals surface area contributed by atoms with Crippen molar-refractivity contribution in [2.45, 2.75) is 38.6 Å². The van der Waals surface area contributed by atoms with Crippen LogP contribution in [0.25, 0.3) is 11.0 Å². The van der Waals surface area contributed by atoms with Crippen molar-refractivity contribution in [2.24, 2.45) is 0 Å². The molecule has 0 saturated heterocycles. The molecule has 0 radical (unpaired) electrons. The van der Waals surface area contributed by atoms with E-state index in [4.69, 9.17) is 18.6 Å². The summed E-state index contributed by atoms with van der Waals surface area (Å²) >= 11 is 0. The molecule has 5 rings (SSSR count). The number of nitro groups is 2. The van der Waals surface area contributed by atoms with Crippen LogP contribution >= 0.6 is 0 Å². The van der Waals surface area contributed by atoms with Gasteiger partial charge in [-0.05, 0) is 50.6 Å². The number of carbonyl (C=O) groups excluding carboxylic acids is 2. The summed E-state index contributed by atoms with van der Waals surface area (Å²) in [6.07, 6.45) is -2.82. The van der Waals surface area contributed by atoms with Crippen LogP contribution in [0.5, 0.6) is 5.75 Å². The minimum absolute atomic E-state index is 0.0289. The molecule has 0 spiro atoms. The topological polar surface area (TPSA) is 178 Å². The third-order valence-corrected chi connectivity index (χ3v) is 6.79. The van der Waals surface area contributed by atoms with Crippen molar-refractivity contribution in [3.63, 3.8) is 0 Å². The van der Waals surface area contributed by atoms with Gasteiger partial charge in [-0.3, -0.25) is 20.2 Å². The number of hydrogen-bond acceptors (Lipinski definition) is 11. The lowest BCUT2D eigenvalue weighted by atomic mass is 9.86. The molecule has 4 aromatic rings. The summed E-state index contributed by atoms with van der Waals surface area (Å²) in [5.41, 5.74) is -2.34. The van der Waals surface area contributed by atoms with Gasteiger partial charge >= 0.3 is 17.6 Å². The maximum atomic E-state index is 13.4. The first-order valence-corrected chi connectivity index (χ1v) is 12.5. The van der Waals surface area contributed by atoms with Crippen molar-refractivity contribution in [3.8, 4) is 5.75 Å². The number of non-ortho nitro benzene ring substituents is 2. The van der Waals surface area contributed by atoms with Crippen molar-refractivity contribution in [2.75, 3.05) is 0 Å². The average molecular weight is 574 g/mol. The van der Waals surface area contributed by atoms with Crippen molar-refractivity contribution in [1.29, 1.82) is 0 Å². The van der Waals surface area contributed by atoms with Gasteiger partial charge < -0.3 is 18.6 Å². The maximum Gasteiger partial charge on any atom is 0.339 e. The summed E-state index contributed by atoms with van der Waals surface area (Å²) in [5.74, 6) is -1.78. The predicted octanol–water partition coefficient (Wildman–Crippen LogP) is 5.21. The van der Waals surface area contributed by atoms with E-state index >= 15 is 0 Å². The molecule has 2 heterocycles. The number of hydrogen-bond donors (Lipinski definition) is 0. The van der Waals surface area contributed by atoms with E-state index in [0.717, 1.165) is 12.1 Å². The van der Waals surface area contributed by atoms with Crippen molar-refractivity contribution >= 4 is 34.3 Å². The SMILES string of the molecule is Cc1cc(=O)oc2c3c(ccc12)OC(C)(C)[C@@H](OC(=O)c1cccc([N+](=O)[O-])c1)[C@H]3OC(=O)c1cccc([N+](=O)[O-])c1. The number of ether oxygens (including phenoxy) is 3. The molecule has 0 bridgehead atoms. The van der Waals surface area contributed by atoms with E-state index in [1.54, 1.807) is 32.9 Å². The molecule has 0 N–H and O–H groups in total. The first kappa shape index (κ1) is 28.0. The van der Waals surface area contributed by atoms with Gasteiger partial charge in [-0.25, -0.2) is 14.4 Å². The summed E-state index contributed by atoms with van der Waals surface area (Å²) in [6.45, 7) is 4.83. The number of carbonyl (C=O) groups is 2. The van der Waals surface area contributed by atoms with Crippen molar-refractivity contribution < 1.29 is 38.1 Å². The van der Waals surface area contributed by atoms with Crippen LogP contribution in [0.2, 0.25) is 0 Å². The minimum atomic E-state index is -1.44. The maximum absolute atomic E-state index is 13.4. The van der Waals surface area contributed by atoms with E-state index in [1.807, 2.05) is 0 Å². The van der Waals surface area contributed by atoms with Gasteiger partial charge in [0.2, 0.25) is 0 Å². The van der Waals surface area contributed by atoms with Crippen LogP contribution in [0.15, 0.2) is 75.9 Å². The third-order valence-electron chi connectivity index (χ3n) is 6.79. The Morgan fingerprint density at radius 1 is 0.857 bits per heavy atom. The summed E-state index contributed by atoms with van der Waals surface area (Å²) < 4.78 is 23.4. The van der Waals surface area contributed by atoms with Gasteiger partial charge in [0.1, 0.15) is 16.9 Å². The van der Waals surface area contributed by atoms with Crippen LogP contribution < -0.4 is 10.4 Å². The van der Waals surface area contributed by atoms with Crippen LogP contribution in [0.3, 0.4) is 0 Å². The molecule has 2 atom stereocenters. The zero-order valence-electron chi connectivity index (χ0n) is 22.4. The smallest absolute Gasteiger partial charge is 0.339 e. The van der Waals surface area contributed by atoms with Gasteiger partial charge in [0, 0.05) is 35.7 Å². The van der Waals surface area contributed by atoms with Gasteiger partial charge in [0.15, 0.2) is 12.2 Å². The molecule has 0 fully saturated rings. The number of aryl methyl sites for hydroxylation is 1. The van der Waals surface area contributed by atoms with E-state index in [2.05, 4.69) is 0 Å². The molecule has 0 unspecified atom stereocenters. The molecule has 0 saturated carbocycles. The molecular formula is C29H22N2O11. The van der Waals surface area contributed by atoms with Crippen molar-refractivity contribution in [3.05, 3.63) is 120 Å². The molecule has 13 heteroatoms. The summed E-state index contributed by atoms with van der Waals surface area (Å²) in [5, 5.41) is 23.0. The first-order chi connectivity index (χ1) is 19.9. The number of nitrogens with zero attached hydrogens (tertiary/aromatic N) is 2. The highest BCUT2D eigenvalue weighted by molar-refractivity contribution is 5.92. The Hall–Kier alpha value is -5.59. The number of esters is 2. The summed E-state index contributed by atoms with van der Waals surface area (Å²) in [6, 6.07) is 14.3. The predicted molar refractivity (Wildman–Crippen MR) is 145 cm³/mol. The van der Waals surface area contributed by atoms with Crippen molar-refractivity contribution in [1.82, 2.24) is 0 Å². The fourth-order valence-electron chi connectivity index (χ4n) is 4.79. The van der Waals surface area contributed by atoms with Gasteiger partial charge in [-0.15, -0.1) is 0 Å². The Morgan fingerprint density at radius 3 is 2.00 bits per heavy atom. The lowest BCUT2D eigenvalue weighted by Gasteiger charge is -2.43. The molecule has 42 heavy (non-hydrogen) atoms. The Balaban J connectivity index is 1.65. The van der Waals surface area contributed by atoms with Crippen LogP contribution in [-0.4, -0.2) is 33.5 Å². The van der Waals surface area contributed by atoms with Crippen LogP contribution in [0.4, 0.5) is 11.4 Å². The second-order valence-corrected chi connectivity index (χ2v) is 10.1. The van der Waals surface area contributed by atoms with E-state index < -0.39 is 45.2 Å². The lowest BCUT2D eigenvalue weighted by molar-refractivity contribution is -0.385. The Bertz CT molecular complexity index is 1840. The molecule has 1 aliphatic heterocycles. The zero-order chi connectivity index (χ0) is 30.3. The van der Waals surface area contributed by atoms with E-state index in [9.17, 15) is 34.6 Å². The highest BCUT2D eigenvalue weighted by Crippen LogP contribution is 2.47. The molecule has 1 aromatic heterocycles. The van der Waals surface area contributed by atoms with E-state index in [0.29, 0.717) is 10.9 Å². The first-order valence-electron chi connectivity index (χ1n) is 12.5. The fraction of sp³-hybridized carbons (Fsp3) is 0.207. The van der Waals surface area contributed by atoms with Crippen LogP contribution in [-0.2, 0) is 9.47 Å². The van der Waals surface area contributed by atoms with Crippen LogP contribution in [0.1, 0.15) is 51.8 Å². The Morgan fingerprint density at radius 2 is 1.43 bits per heavy atom. The zero-order valence-corrected chi connectivity index (χ0v) is 22.4. The quantitative estimate of drug-likeness (QED) is 0.128. The second-order valence-electron chi connectivity index (χ2n) is 10.1. The van der Waals surface area contributed by atoms with E-state index in [1.165, 1.54) is 42.5 Å². The second kappa shape index (κ2) is 10.4. The molecule has 214 valence electrons. The van der Waals surface area contributed by atoms with Gasteiger partial charge in [0.05, 0.1) is 26.5 Å². The Labute approximate surface area is 236 Å². The molecule has 3 aromatic carbocycles. The average Bonchev–Trinajstić information content (AvgIpc) is 2.94. The number of rotatable bonds is 6. The number of fused-ring (bicyclic) bond motifs is 3. The normalized spacial score (nSPS) is 17.0. The number of nitro benzene ring substituents is 2. The highest BCUT2D eigenvalue weighted by atomic mass is 16.6. The number of benzene rings is 3. The molecule has 0 amide bonds. The lowest BCUT2D eigenvalue weighted by Crippen LogP contribution is -2.52. The minimum Gasteiger partial charge on any atom is -0.483 e. The summed E-state index contributed by atoms with van der Waals surface area (Å²) in [4.78, 5) is 60.3. The van der Waals surface area contributed by atoms with Crippen LogP contribution in [0, 0.1) is 27.2 Å². The van der Waals surface area contributed by atoms with E-state index in [-0.39, 0.29) is 39.4 Å². The Kier molecular flexibility index (Phi) is 6.94. The molecule has 1 aliphatic rings. The monoisotopic (exact) mass is 574 g/mol. The standard InChI is InChI=1S/C29H22N2O11/c1-15-12-22(32)39-24-20(15)10-11-21-23(24)25(40-27(33)16-6-4-8-18(13-16)30(35)36)26(29(2,3)42-21)41-28(34)17-7-5-9-19(14-17)31(37)38/h4-14,25-26H,1-3H3/t25-,26-/m0/s1. The van der Waals surface area contributed by atoms with Gasteiger partial charge in [-0.1, -0.05) is 12.1 Å². The van der Waals surface area contributed by atoms with Gasteiger partial charge in [-0.2, -0.15) is 0 Å². The molecule has 13 nitrogen and oxygen atoms in total. The fourth-order valence-corrected chi connectivity index (χ4v) is 4.79. The molecule has 0 aliphatic carbocycles. The summed E-state index contributed by atoms with van der Waals surface area (Å²) in [7, 11) is 0. The molecular weight excluding hydrogens is 552 g/mol. The van der Waals surface area contributed by atoms with Gasteiger partial charge in [0.25, 0.3) is 11.4 Å². The highest BCUT2D eigenvalue weighted by Gasteiger charge is 2.50. The third kappa shape index (κ3) is 5.14. The largest absolute Gasteiger partial charge is 0.483 e.